The molecule has 0 radical (unpaired) electrons. The average Bonchev–Trinajstić information content (AvgIpc) is 3.22. The Hall–Kier alpha value is -2.11. The molecule has 9 nitrogen and oxygen atoms in total. The van der Waals surface area contributed by atoms with Gasteiger partial charge < -0.3 is 40.3 Å². The fourth-order valence-corrected chi connectivity index (χ4v) is 6.98. The molecule has 0 aromatic heterocycles. The minimum atomic E-state index is -1.58. The second kappa shape index (κ2) is 39.1. The van der Waals surface area contributed by atoms with Crippen molar-refractivity contribution in [3.8, 4) is 0 Å². The first kappa shape index (κ1) is 53.9. The second-order valence-corrected chi connectivity index (χ2v) is 16.2. The Labute approximate surface area is 354 Å². The van der Waals surface area contributed by atoms with E-state index < -0.39 is 49.5 Å². The van der Waals surface area contributed by atoms with Gasteiger partial charge in [-0.2, -0.15) is 0 Å². The van der Waals surface area contributed by atoms with Crippen molar-refractivity contribution in [1.82, 2.24) is 5.32 Å². The predicted molar refractivity (Wildman–Crippen MR) is 239 cm³/mol. The van der Waals surface area contributed by atoms with E-state index in [9.17, 15) is 30.3 Å². The summed E-state index contributed by atoms with van der Waals surface area (Å²) in [6.45, 7) is 3.70. The molecule has 0 spiro atoms. The molecule has 1 saturated heterocycles. The monoisotopic (exact) mass is 818 g/mol. The lowest BCUT2D eigenvalue weighted by molar-refractivity contribution is -0.302. The zero-order chi connectivity index (χ0) is 42.3. The van der Waals surface area contributed by atoms with E-state index in [-0.39, 0.29) is 12.5 Å². The van der Waals surface area contributed by atoms with Crippen LogP contribution in [-0.4, -0.2) is 87.5 Å². The summed E-state index contributed by atoms with van der Waals surface area (Å²) in [5, 5.41) is 54.2. The fraction of sp³-hybridized carbons (Fsp3) is 0.776. The lowest BCUT2D eigenvalue weighted by Gasteiger charge is -2.40. The lowest BCUT2D eigenvalue weighted by Crippen LogP contribution is -2.60. The summed E-state index contributed by atoms with van der Waals surface area (Å²) >= 11 is 0. The van der Waals surface area contributed by atoms with Gasteiger partial charge in [0.15, 0.2) is 6.29 Å². The summed E-state index contributed by atoms with van der Waals surface area (Å²) in [4.78, 5) is 13.0. The van der Waals surface area contributed by atoms with Crippen LogP contribution in [0.2, 0.25) is 0 Å². The van der Waals surface area contributed by atoms with Crippen LogP contribution in [0.5, 0.6) is 0 Å². The number of aliphatic hydroxyl groups excluding tert-OH is 5. The second-order valence-electron chi connectivity index (χ2n) is 16.2. The first-order chi connectivity index (χ1) is 28.3. The first-order valence-corrected chi connectivity index (χ1v) is 23.5. The van der Waals surface area contributed by atoms with Crippen molar-refractivity contribution < 1.29 is 39.8 Å². The largest absolute Gasteiger partial charge is 0.394 e. The molecule has 58 heavy (non-hydrogen) atoms. The van der Waals surface area contributed by atoms with Crippen molar-refractivity contribution in [3.05, 3.63) is 60.8 Å². The van der Waals surface area contributed by atoms with E-state index in [1.807, 2.05) is 6.08 Å². The zero-order valence-corrected chi connectivity index (χ0v) is 36.8. The van der Waals surface area contributed by atoms with Gasteiger partial charge in [0.05, 0.1) is 25.4 Å². The first-order valence-electron chi connectivity index (χ1n) is 23.5. The standard InChI is InChI=1S/C49H87NO8/c1-3-5-7-9-11-13-15-17-19-21-22-23-25-27-29-31-33-35-37-39-45(53)50-42(41-57-49-48(56)47(55)46(54)44(40-51)58-49)43(52)38-36-34-32-30-28-26-24-20-18-16-14-12-10-8-6-4-2/h11,13,17-20,28,30,36,38,42-44,46-49,51-52,54-56H,3-10,12,14-16,21-27,29,31-35,37,39-41H2,1-2H3,(H,50,53)/b13-11-,19-17-,20-18+,30-28+,38-36+. The summed E-state index contributed by atoms with van der Waals surface area (Å²) in [6.07, 6.45) is 44.0. The highest BCUT2D eigenvalue weighted by molar-refractivity contribution is 5.76. The van der Waals surface area contributed by atoms with Crippen molar-refractivity contribution in [1.29, 1.82) is 0 Å². The van der Waals surface area contributed by atoms with Crippen molar-refractivity contribution in [2.75, 3.05) is 13.2 Å². The summed E-state index contributed by atoms with van der Waals surface area (Å²) in [7, 11) is 0. The highest BCUT2D eigenvalue weighted by Gasteiger charge is 2.44. The third-order valence-electron chi connectivity index (χ3n) is 10.8. The number of carbonyl (C=O) groups excluding carboxylic acids is 1. The molecule has 9 heteroatoms. The predicted octanol–water partition coefficient (Wildman–Crippen LogP) is 10.0. The Morgan fingerprint density at radius 2 is 1.03 bits per heavy atom. The molecule has 1 rings (SSSR count). The van der Waals surface area contributed by atoms with E-state index in [2.05, 4.69) is 67.8 Å². The molecule has 7 unspecified atom stereocenters. The number of rotatable bonds is 38. The van der Waals surface area contributed by atoms with Crippen molar-refractivity contribution in [3.63, 3.8) is 0 Å². The summed E-state index contributed by atoms with van der Waals surface area (Å²) in [6, 6.07) is -0.831. The molecule has 1 fully saturated rings. The van der Waals surface area contributed by atoms with Crippen molar-refractivity contribution in [2.45, 2.75) is 230 Å². The van der Waals surface area contributed by atoms with Crippen LogP contribution in [-0.2, 0) is 14.3 Å². The van der Waals surface area contributed by atoms with Crippen LogP contribution < -0.4 is 5.32 Å². The third kappa shape index (κ3) is 29.2. The minimum Gasteiger partial charge on any atom is -0.394 e. The van der Waals surface area contributed by atoms with E-state index in [0.29, 0.717) is 6.42 Å². The Morgan fingerprint density at radius 3 is 1.59 bits per heavy atom. The molecule has 0 bridgehead atoms. The molecule has 336 valence electrons. The Bertz CT molecular complexity index is 1090. The SMILES string of the molecule is CCCCC/C=C\C/C=C\CCCCCCCCCCCC(=O)NC(COC1OC(CO)C(O)C(O)C1O)C(O)/C=C/CC/C=C/CC/C=C/CCCCCCCC. The quantitative estimate of drug-likeness (QED) is 0.0267. The molecule has 1 aliphatic heterocycles. The van der Waals surface area contributed by atoms with Crippen LogP contribution in [0.4, 0.5) is 0 Å². The summed E-state index contributed by atoms with van der Waals surface area (Å²) < 4.78 is 11.2. The fourth-order valence-electron chi connectivity index (χ4n) is 6.98. The number of nitrogens with one attached hydrogen (secondary N) is 1. The number of ether oxygens (including phenoxy) is 2. The number of unbranched alkanes of at least 4 members (excludes halogenated alkanes) is 20. The molecule has 0 aliphatic carbocycles. The number of allylic oxidation sites excluding steroid dienone is 9. The summed E-state index contributed by atoms with van der Waals surface area (Å²) in [5.41, 5.74) is 0. The highest BCUT2D eigenvalue weighted by Crippen LogP contribution is 2.22. The molecule has 0 aromatic carbocycles. The van der Waals surface area contributed by atoms with Crippen LogP contribution in [0, 0.1) is 0 Å². The van der Waals surface area contributed by atoms with Crippen LogP contribution in [0.1, 0.15) is 187 Å². The van der Waals surface area contributed by atoms with Gasteiger partial charge in [-0.3, -0.25) is 4.79 Å². The van der Waals surface area contributed by atoms with Gasteiger partial charge >= 0.3 is 0 Å². The Kier molecular flexibility index (Phi) is 36.3. The smallest absolute Gasteiger partial charge is 0.220 e. The van der Waals surface area contributed by atoms with Crippen LogP contribution in [0.3, 0.4) is 0 Å². The molecular formula is C49H87NO8. The van der Waals surface area contributed by atoms with Gasteiger partial charge in [0.25, 0.3) is 0 Å². The highest BCUT2D eigenvalue weighted by atomic mass is 16.7. The molecule has 1 amide bonds. The molecular weight excluding hydrogens is 731 g/mol. The Balaban J connectivity index is 2.38. The van der Waals surface area contributed by atoms with E-state index in [1.165, 1.54) is 96.3 Å². The maximum atomic E-state index is 13.0. The molecule has 0 saturated carbocycles. The van der Waals surface area contributed by atoms with Gasteiger partial charge in [0, 0.05) is 6.42 Å². The summed E-state index contributed by atoms with van der Waals surface area (Å²) in [5.74, 6) is -0.198. The van der Waals surface area contributed by atoms with E-state index >= 15 is 0 Å². The minimum absolute atomic E-state index is 0.198. The van der Waals surface area contributed by atoms with E-state index in [4.69, 9.17) is 9.47 Å². The maximum Gasteiger partial charge on any atom is 0.220 e. The van der Waals surface area contributed by atoms with Gasteiger partial charge in [-0.15, -0.1) is 0 Å². The van der Waals surface area contributed by atoms with Gasteiger partial charge in [-0.1, -0.05) is 164 Å². The number of carbonyl (C=O) groups is 1. The lowest BCUT2D eigenvalue weighted by atomic mass is 9.99. The van der Waals surface area contributed by atoms with Crippen LogP contribution in [0.25, 0.3) is 0 Å². The number of amides is 1. The molecule has 6 N–H and O–H groups in total. The number of aliphatic hydroxyl groups is 5. The van der Waals surface area contributed by atoms with Crippen LogP contribution >= 0.6 is 0 Å². The van der Waals surface area contributed by atoms with Crippen LogP contribution in [0.15, 0.2) is 60.8 Å². The van der Waals surface area contributed by atoms with Gasteiger partial charge in [0.2, 0.25) is 5.91 Å². The molecule has 1 aliphatic rings. The number of hydrogen-bond donors (Lipinski definition) is 6. The maximum absolute atomic E-state index is 13.0. The van der Waals surface area contributed by atoms with Crippen molar-refractivity contribution >= 4 is 5.91 Å². The topological polar surface area (TPSA) is 149 Å². The van der Waals surface area contributed by atoms with Gasteiger partial charge in [-0.05, 0) is 77.0 Å². The normalized spacial score (nSPS) is 21.4. The molecule has 7 atom stereocenters. The molecule has 0 aromatic rings. The van der Waals surface area contributed by atoms with Gasteiger partial charge in [0.1, 0.15) is 24.4 Å². The number of hydrogen-bond acceptors (Lipinski definition) is 8. The molecule has 1 heterocycles. The van der Waals surface area contributed by atoms with E-state index in [0.717, 1.165) is 70.6 Å². The third-order valence-corrected chi connectivity index (χ3v) is 10.8. The average molecular weight is 818 g/mol. The zero-order valence-electron chi connectivity index (χ0n) is 36.8. The Morgan fingerprint density at radius 1 is 0.586 bits per heavy atom. The van der Waals surface area contributed by atoms with Gasteiger partial charge in [-0.25, -0.2) is 0 Å². The van der Waals surface area contributed by atoms with E-state index in [1.54, 1.807) is 6.08 Å². The van der Waals surface area contributed by atoms with Crippen molar-refractivity contribution in [2.24, 2.45) is 0 Å².